The summed E-state index contributed by atoms with van der Waals surface area (Å²) in [5.41, 5.74) is 0.842. The molecule has 0 bridgehead atoms. The summed E-state index contributed by atoms with van der Waals surface area (Å²) in [6, 6.07) is 8.56. The van der Waals surface area contributed by atoms with Crippen LogP contribution in [-0.2, 0) is 27.4 Å². The van der Waals surface area contributed by atoms with Crippen LogP contribution in [0.25, 0.3) is 10.9 Å². The van der Waals surface area contributed by atoms with Gasteiger partial charge < -0.3 is 19.4 Å². The van der Waals surface area contributed by atoms with Gasteiger partial charge in [-0.15, -0.1) is 0 Å². The summed E-state index contributed by atoms with van der Waals surface area (Å²) in [5, 5.41) is 3.23. The second-order valence-electron chi connectivity index (χ2n) is 7.21. The number of fused-ring (bicyclic) bond motifs is 1. The van der Waals surface area contributed by atoms with Crippen molar-refractivity contribution in [3.8, 4) is 0 Å². The predicted molar refractivity (Wildman–Crippen MR) is 109 cm³/mol. The summed E-state index contributed by atoms with van der Waals surface area (Å²) in [7, 11) is 1.57. The molecule has 9 heteroatoms. The molecule has 3 heterocycles. The largest absolute Gasteiger partial charge is 0.467 e. The van der Waals surface area contributed by atoms with Crippen molar-refractivity contribution in [3.63, 3.8) is 0 Å². The van der Waals surface area contributed by atoms with E-state index in [4.69, 9.17) is 9.15 Å². The monoisotopic (exact) mass is 410 g/mol. The van der Waals surface area contributed by atoms with E-state index in [0.29, 0.717) is 48.6 Å². The van der Waals surface area contributed by atoms with E-state index in [2.05, 4.69) is 10.3 Å². The van der Waals surface area contributed by atoms with Crippen molar-refractivity contribution in [1.82, 2.24) is 14.5 Å². The molecule has 156 valence electrons. The molecule has 2 amide bonds. The van der Waals surface area contributed by atoms with Crippen molar-refractivity contribution in [2.45, 2.75) is 19.5 Å². The molecule has 1 aliphatic heterocycles. The fourth-order valence-electron chi connectivity index (χ4n) is 3.52. The number of aromatic nitrogens is 2. The van der Waals surface area contributed by atoms with Gasteiger partial charge in [-0.2, -0.15) is 0 Å². The van der Waals surface area contributed by atoms with Crippen LogP contribution in [0, 0.1) is 5.92 Å². The summed E-state index contributed by atoms with van der Waals surface area (Å²) < 4.78 is 11.8. The molecule has 1 saturated heterocycles. The predicted octanol–water partition coefficient (Wildman–Crippen LogP) is 1.62. The third-order valence-corrected chi connectivity index (χ3v) is 5.14. The number of amides is 2. The Morgan fingerprint density at radius 1 is 1.33 bits per heavy atom. The van der Waals surface area contributed by atoms with E-state index in [1.54, 1.807) is 48.6 Å². The van der Waals surface area contributed by atoms with Crippen LogP contribution in [0.5, 0.6) is 0 Å². The van der Waals surface area contributed by atoms with Crippen molar-refractivity contribution >= 4 is 28.4 Å². The van der Waals surface area contributed by atoms with Crippen molar-refractivity contribution in [3.05, 3.63) is 59.0 Å². The SMILES string of the molecule is COCCn1cnc2ccc(NC(=O)C3CC(=O)N(Cc4ccco4)C3)cc2c1=O. The maximum atomic E-state index is 12.7. The lowest BCUT2D eigenvalue weighted by atomic mass is 10.1. The van der Waals surface area contributed by atoms with Gasteiger partial charge in [0.25, 0.3) is 5.56 Å². The zero-order valence-electron chi connectivity index (χ0n) is 16.5. The highest BCUT2D eigenvalue weighted by Crippen LogP contribution is 2.23. The summed E-state index contributed by atoms with van der Waals surface area (Å²) in [6.07, 6.45) is 3.18. The molecule has 9 nitrogen and oxygen atoms in total. The molecule has 2 aromatic heterocycles. The van der Waals surface area contributed by atoms with Crippen LogP contribution in [-0.4, -0.2) is 46.5 Å². The van der Waals surface area contributed by atoms with Crippen LogP contribution in [0.4, 0.5) is 5.69 Å². The van der Waals surface area contributed by atoms with Gasteiger partial charge in [-0.25, -0.2) is 4.98 Å². The highest BCUT2D eigenvalue weighted by molar-refractivity contribution is 5.98. The number of benzene rings is 1. The maximum absolute atomic E-state index is 12.7. The Hall–Kier alpha value is -3.46. The second kappa shape index (κ2) is 8.50. The Morgan fingerprint density at radius 2 is 2.20 bits per heavy atom. The van der Waals surface area contributed by atoms with Gasteiger partial charge in [0.05, 0.1) is 49.1 Å². The van der Waals surface area contributed by atoms with Crippen LogP contribution < -0.4 is 10.9 Å². The zero-order valence-corrected chi connectivity index (χ0v) is 16.5. The molecular formula is C21H22N4O5. The molecule has 30 heavy (non-hydrogen) atoms. The summed E-state index contributed by atoms with van der Waals surface area (Å²) >= 11 is 0. The van der Waals surface area contributed by atoms with E-state index >= 15 is 0 Å². The first-order valence-corrected chi connectivity index (χ1v) is 9.64. The van der Waals surface area contributed by atoms with Crippen LogP contribution in [0.3, 0.4) is 0 Å². The number of likely N-dealkylation sites (tertiary alicyclic amines) is 1. The van der Waals surface area contributed by atoms with Gasteiger partial charge in [0.2, 0.25) is 11.8 Å². The van der Waals surface area contributed by atoms with Gasteiger partial charge in [-0.3, -0.25) is 19.0 Å². The number of furan rings is 1. The lowest BCUT2D eigenvalue weighted by Crippen LogP contribution is -2.28. The molecule has 0 aliphatic carbocycles. The average Bonchev–Trinajstić information content (AvgIpc) is 3.38. The summed E-state index contributed by atoms with van der Waals surface area (Å²) in [6.45, 7) is 1.46. The minimum atomic E-state index is -0.463. The number of anilines is 1. The highest BCUT2D eigenvalue weighted by atomic mass is 16.5. The molecule has 1 fully saturated rings. The molecule has 3 aromatic rings. The first-order chi connectivity index (χ1) is 14.5. The lowest BCUT2D eigenvalue weighted by Gasteiger charge is -2.15. The number of ether oxygens (including phenoxy) is 1. The second-order valence-corrected chi connectivity index (χ2v) is 7.21. The van der Waals surface area contributed by atoms with Gasteiger partial charge in [0.1, 0.15) is 5.76 Å². The van der Waals surface area contributed by atoms with E-state index in [1.165, 1.54) is 10.9 Å². The fraction of sp³-hybridized carbons (Fsp3) is 0.333. The van der Waals surface area contributed by atoms with Gasteiger partial charge in [0, 0.05) is 25.8 Å². The molecule has 0 radical (unpaired) electrons. The normalized spacial score (nSPS) is 16.4. The van der Waals surface area contributed by atoms with Crippen LogP contribution in [0.2, 0.25) is 0 Å². The first kappa shape index (κ1) is 19.8. The van der Waals surface area contributed by atoms with Crippen molar-refractivity contribution in [1.29, 1.82) is 0 Å². The van der Waals surface area contributed by atoms with E-state index in [1.807, 2.05) is 0 Å². The van der Waals surface area contributed by atoms with E-state index in [0.717, 1.165) is 0 Å². The summed E-state index contributed by atoms with van der Waals surface area (Å²) in [4.78, 5) is 43.5. The zero-order chi connectivity index (χ0) is 21.1. The maximum Gasteiger partial charge on any atom is 0.261 e. The smallest absolute Gasteiger partial charge is 0.261 e. The number of carbonyl (C=O) groups excluding carboxylic acids is 2. The number of nitrogens with zero attached hydrogens (tertiary/aromatic N) is 3. The van der Waals surface area contributed by atoms with Crippen LogP contribution >= 0.6 is 0 Å². The topological polar surface area (TPSA) is 107 Å². The minimum Gasteiger partial charge on any atom is -0.467 e. The van der Waals surface area contributed by atoms with E-state index in [9.17, 15) is 14.4 Å². The number of methoxy groups -OCH3 is 1. The Labute approximate surface area is 172 Å². The molecule has 1 unspecified atom stereocenters. The molecule has 1 atom stereocenters. The van der Waals surface area contributed by atoms with Crippen molar-refractivity contribution in [2.75, 3.05) is 25.6 Å². The Morgan fingerprint density at radius 3 is 2.97 bits per heavy atom. The van der Waals surface area contributed by atoms with Crippen molar-refractivity contribution < 1.29 is 18.7 Å². The molecule has 1 aliphatic rings. The standard InChI is InChI=1S/C21H22N4O5/c1-29-8-6-24-13-22-18-5-4-15(10-17(18)21(24)28)23-20(27)14-9-19(26)25(11-14)12-16-3-2-7-30-16/h2-5,7,10,13-14H,6,8-9,11-12H2,1H3,(H,23,27). The Balaban J connectivity index is 1.47. The number of nitrogens with one attached hydrogen (secondary N) is 1. The number of hydrogen-bond acceptors (Lipinski definition) is 6. The van der Waals surface area contributed by atoms with E-state index in [-0.39, 0.29) is 23.8 Å². The number of rotatable bonds is 7. The first-order valence-electron chi connectivity index (χ1n) is 9.64. The lowest BCUT2D eigenvalue weighted by molar-refractivity contribution is -0.128. The van der Waals surface area contributed by atoms with Crippen LogP contribution in [0.15, 0.2) is 52.1 Å². The molecule has 1 aromatic carbocycles. The van der Waals surface area contributed by atoms with Gasteiger partial charge in [-0.05, 0) is 30.3 Å². The van der Waals surface area contributed by atoms with Gasteiger partial charge in [-0.1, -0.05) is 0 Å². The fourth-order valence-corrected chi connectivity index (χ4v) is 3.52. The summed E-state index contributed by atoms with van der Waals surface area (Å²) in [5.74, 6) is -0.129. The van der Waals surface area contributed by atoms with Crippen molar-refractivity contribution in [2.24, 2.45) is 5.92 Å². The Kier molecular flexibility index (Phi) is 5.62. The molecule has 0 saturated carbocycles. The number of carbonyl (C=O) groups is 2. The third-order valence-electron chi connectivity index (χ3n) is 5.14. The highest BCUT2D eigenvalue weighted by Gasteiger charge is 2.34. The van der Waals surface area contributed by atoms with Gasteiger partial charge >= 0.3 is 0 Å². The Bertz CT molecular complexity index is 1120. The molecule has 1 N–H and O–H groups in total. The number of hydrogen-bond donors (Lipinski definition) is 1. The minimum absolute atomic E-state index is 0.0877. The third kappa shape index (κ3) is 4.11. The molecule has 0 spiro atoms. The quantitative estimate of drug-likeness (QED) is 0.634. The molecular weight excluding hydrogens is 388 g/mol. The molecule has 4 rings (SSSR count). The average molecular weight is 410 g/mol. The van der Waals surface area contributed by atoms with Gasteiger partial charge in [0.15, 0.2) is 0 Å². The van der Waals surface area contributed by atoms with E-state index < -0.39 is 5.92 Å². The van der Waals surface area contributed by atoms with Crippen LogP contribution in [0.1, 0.15) is 12.2 Å².